The molecule has 0 aliphatic carbocycles. The van der Waals surface area contributed by atoms with Crippen molar-refractivity contribution < 1.29 is 0 Å². The number of hydrogen-bond acceptors (Lipinski definition) is 4. The lowest BCUT2D eigenvalue weighted by Crippen LogP contribution is -2.26. The van der Waals surface area contributed by atoms with Gasteiger partial charge in [0, 0.05) is 19.3 Å². The van der Waals surface area contributed by atoms with Gasteiger partial charge in [0.25, 0.3) is 0 Å². The average molecular weight is 264 g/mol. The van der Waals surface area contributed by atoms with Crippen molar-refractivity contribution in [1.82, 2.24) is 4.90 Å². The van der Waals surface area contributed by atoms with Crippen LogP contribution in [0.4, 0.5) is 17.1 Å². The molecule has 0 heterocycles. The number of nitrogens with zero attached hydrogens (tertiary/aromatic N) is 2. The molecule has 1 aromatic carbocycles. The van der Waals surface area contributed by atoms with Crippen LogP contribution >= 0.6 is 0 Å². The number of rotatable bonds is 8. The summed E-state index contributed by atoms with van der Waals surface area (Å²) in [6.45, 7) is 5.54. The van der Waals surface area contributed by atoms with Crippen LogP contribution in [0.25, 0.3) is 0 Å². The Labute approximate surface area is 117 Å². The van der Waals surface area contributed by atoms with Crippen molar-refractivity contribution >= 4 is 17.1 Å². The number of benzene rings is 1. The predicted octanol–water partition coefficient (Wildman–Crippen LogP) is 2.41. The van der Waals surface area contributed by atoms with E-state index in [1.54, 1.807) is 0 Å². The van der Waals surface area contributed by atoms with Crippen LogP contribution in [0.5, 0.6) is 0 Å². The number of unbranched alkanes of at least 4 members (excludes halogenated alkanes) is 1. The Morgan fingerprint density at radius 3 is 2.32 bits per heavy atom. The maximum Gasteiger partial charge on any atom is 0.0598 e. The summed E-state index contributed by atoms with van der Waals surface area (Å²) in [5.41, 5.74) is 14.2. The molecule has 108 valence electrons. The Balaban J connectivity index is 2.36. The highest BCUT2D eigenvalue weighted by atomic mass is 15.1. The number of anilines is 3. The topological polar surface area (TPSA) is 58.5 Å². The predicted molar refractivity (Wildman–Crippen MR) is 85.6 cm³/mol. The monoisotopic (exact) mass is 264 g/mol. The van der Waals surface area contributed by atoms with Crippen LogP contribution in [0.3, 0.4) is 0 Å². The molecule has 1 rings (SSSR count). The first-order valence-electron chi connectivity index (χ1n) is 7.09. The zero-order valence-electron chi connectivity index (χ0n) is 12.5. The molecule has 0 aromatic heterocycles. The third-order valence-corrected chi connectivity index (χ3v) is 3.39. The molecule has 0 bridgehead atoms. The van der Waals surface area contributed by atoms with Crippen LogP contribution in [-0.4, -0.2) is 38.6 Å². The highest BCUT2D eigenvalue weighted by Gasteiger charge is 2.06. The molecular weight excluding hydrogens is 236 g/mol. The fraction of sp³-hybridized carbons (Fsp3) is 0.600. The Hall–Kier alpha value is -1.42. The van der Waals surface area contributed by atoms with Gasteiger partial charge in [-0.2, -0.15) is 0 Å². The summed E-state index contributed by atoms with van der Waals surface area (Å²) in [5.74, 6) is 0. The summed E-state index contributed by atoms with van der Waals surface area (Å²) in [5, 5.41) is 0. The molecule has 0 unspecified atom stereocenters. The normalized spacial score (nSPS) is 10.9. The second-order valence-electron chi connectivity index (χ2n) is 5.25. The van der Waals surface area contributed by atoms with Gasteiger partial charge in [-0.1, -0.05) is 13.3 Å². The third-order valence-electron chi connectivity index (χ3n) is 3.39. The molecule has 4 N–H and O–H groups in total. The lowest BCUT2D eigenvalue weighted by molar-refractivity contribution is 0.325. The molecule has 0 aliphatic heterocycles. The summed E-state index contributed by atoms with van der Waals surface area (Å²) >= 11 is 0. The minimum Gasteiger partial charge on any atom is -0.399 e. The van der Waals surface area contributed by atoms with E-state index in [9.17, 15) is 0 Å². The molecule has 0 amide bonds. The average Bonchev–Trinajstić information content (AvgIpc) is 2.36. The molecule has 0 aliphatic rings. The molecule has 4 heteroatoms. The fourth-order valence-corrected chi connectivity index (χ4v) is 2.16. The molecule has 0 spiro atoms. The molecule has 4 nitrogen and oxygen atoms in total. The summed E-state index contributed by atoms with van der Waals surface area (Å²) in [6, 6.07) is 5.71. The number of nitrogen functional groups attached to an aromatic ring is 2. The van der Waals surface area contributed by atoms with Crippen molar-refractivity contribution in [2.75, 3.05) is 50.1 Å². The van der Waals surface area contributed by atoms with E-state index < -0.39 is 0 Å². The first-order valence-corrected chi connectivity index (χ1v) is 7.09. The summed E-state index contributed by atoms with van der Waals surface area (Å²) < 4.78 is 0. The molecule has 0 radical (unpaired) electrons. The highest BCUT2D eigenvalue weighted by Crippen LogP contribution is 2.24. The van der Waals surface area contributed by atoms with Gasteiger partial charge in [0.15, 0.2) is 0 Å². The van der Waals surface area contributed by atoms with Gasteiger partial charge in [0.2, 0.25) is 0 Å². The quantitative estimate of drug-likeness (QED) is 0.708. The van der Waals surface area contributed by atoms with E-state index in [2.05, 4.69) is 30.8 Å². The van der Waals surface area contributed by atoms with Crippen LogP contribution in [-0.2, 0) is 0 Å². The zero-order valence-corrected chi connectivity index (χ0v) is 12.5. The lowest BCUT2D eigenvalue weighted by atomic mass is 10.2. The number of nitrogens with two attached hydrogens (primary N) is 2. The standard InChI is InChI=1S/C15H28N4/c1-4-5-9-18(2)10-6-11-19(3)15-8-7-13(16)12-14(15)17/h7-8,12H,4-6,9-11,16-17H2,1-3H3. The second kappa shape index (κ2) is 7.89. The highest BCUT2D eigenvalue weighted by molar-refractivity contribution is 5.71. The zero-order chi connectivity index (χ0) is 14.3. The van der Waals surface area contributed by atoms with Gasteiger partial charge in [-0.25, -0.2) is 0 Å². The number of hydrogen-bond donors (Lipinski definition) is 2. The van der Waals surface area contributed by atoms with Crippen LogP contribution in [0.1, 0.15) is 26.2 Å². The van der Waals surface area contributed by atoms with Crippen molar-refractivity contribution in [3.63, 3.8) is 0 Å². The first-order chi connectivity index (χ1) is 9.04. The van der Waals surface area contributed by atoms with Crippen molar-refractivity contribution in [3.05, 3.63) is 18.2 Å². The van der Waals surface area contributed by atoms with Gasteiger partial charge < -0.3 is 21.3 Å². The van der Waals surface area contributed by atoms with Gasteiger partial charge in [0.1, 0.15) is 0 Å². The van der Waals surface area contributed by atoms with E-state index in [1.807, 2.05) is 18.2 Å². The summed E-state index contributed by atoms with van der Waals surface area (Å²) in [6.07, 6.45) is 3.67. The molecule has 0 saturated carbocycles. The van der Waals surface area contributed by atoms with Crippen LogP contribution in [0.15, 0.2) is 18.2 Å². The smallest absolute Gasteiger partial charge is 0.0598 e. The van der Waals surface area contributed by atoms with Crippen LogP contribution < -0.4 is 16.4 Å². The van der Waals surface area contributed by atoms with E-state index in [0.717, 1.165) is 30.9 Å². The maximum absolute atomic E-state index is 5.99. The Morgan fingerprint density at radius 2 is 1.68 bits per heavy atom. The van der Waals surface area contributed by atoms with E-state index in [4.69, 9.17) is 11.5 Å². The van der Waals surface area contributed by atoms with Gasteiger partial charge in [-0.3, -0.25) is 0 Å². The minimum atomic E-state index is 0.717. The second-order valence-corrected chi connectivity index (χ2v) is 5.25. The maximum atomic E-state index is 5.99. The van der Waals surface area contributed by atoms with E-state index in [-0.39, 0.29) is 0 Å². The first kappa shape index (κ1) is 15.6. The lowest BCUT2D eigenvalue weighted by Gasteiger charge is -2.23. The largest absolute Gasteiger partial charge is 0.399 e. The molecule has 1 aromatic rings. The van der Waals surface area contributed by atoms with Gasteiger partial charge in [-0.05, 0) is 51.2 Å². The Kier molecular flexibility index (Phi) is 6.50. The Bertz CT molecular complexity index is 378. The van der Waals surface area contributed by atoms with Crippen molar-refractivity contribution in [2.24, 2.45) is 0 Å². The van der Waals surface area contributed by atoms with E-state index >= 15 is 0 Å². The third kappa shape index (κ3) is 5.39. The summed E-state index contributed by atoms with van der Waals surface area (Å²) in [4.78, 5) is 4.59. The van der Waals surface area contributed by atoms with Gasteiger partial charge in [-0.15, -0.1) is 0 Å². The van der Waals surface area contributed by atoms with E-state index in [0.29, 0.717) is 5.69 Å². The van der Waals surface area contributed by atoms with E-state index in [1.165, 1.54) is 19.4 Å². The van der Waals surface area contributed by atoms with Crippen molar-refractivity contribution in [2.45, 2.75) is 26.2 Å². The van der Waals surface area contributed by atoms with Gasteiger partial charge in [0.05, 0.1) is 11.4 Å². The van der Waals surface area contributed by atoms with Crippen molar-refractivity contribution in [1.29, 1.82) is 0 Å². The van der Waals surface area contributed by atoms with Gasteiger partial charge >= 0.3 is 0 Å². The molecule has 0 fully saturated rings. The van der Waals surface area contributed by atoms with Crippen LogP contribution in [0, 0.1) is 0 Å². The fourth-order valence-electron chi connectivity index (χ4n) is 2.16. The molecule has 0 atom stereocenters. The minimum absolute atomic E-state index is 0.717. The summed E-state index contributed by atoms with van der Waals surface area (Å²) in [7, 11) is 4.27. The van der Waals surface area contributed by atoms with Crippen LogP contribution in [0.2, 0.25) is 0 Å². The molecular formula is C15H28N4. The van der Waals surface area contributed by atoms with Crippen molar-refractivity contribution in [3.8, 4) is 0 Å². The molecule has 0 saturated heterocycles. The Morgan fingerprint density at radius 1 is 1.00 bits per heavy atom. The SMILES string of the molecule is CCCCN(C)CCCN(C)c1ccc(N)cc1N. The molecule has 19 heavy (non-hydrogen) atoms.